The summed E-state index contributed by atoms with van der Waals surface area (Å²) in [5.74, 6) is -0.744. The number of nitrogens with one attached hydrogen (secondary N) is 1. The molecular weight excluding hydrogens is 409 g/mol. The van der Waals surface area contributed by atoms with E-state index in [2.05, 4.69) is 10.2 Å². The van der Waals surface area contributed by atoms with Crippen LogP contribution in [-0.4, -0.2) is 67.9 Å². The molecule has 4 N–H and O–H groups in total. The number of nitrogen functional groups attached to an aromatic ring is 1. The van der Waals surface area contributed by atoms with E-state index in [1.165, 1.54) is 19.2 Å². The normalized spacial score (nSPS) is 19.5. The van der Waals surface area contributed by atoms with Crippen molar-refractivity contribution in [3.05, 3.63) is 22.7 Å². The minimum atomic E-state index is -0.795. The van der Waals surface area contributed by atoms with Gasteiger partial charge in [-0.15, -0.1) is 12.4 Å². The number of carboxylic acid groups (broad SMARTS) is 1. The highest BCUT2D eigenvalue weighted by molar-refractivity contribution is 6.33. The van der Waals surface area contributed by atoms with Crippen LogP contribution in [-0.2, 0) is 9.53 Å². The van der Waals surface area contributed by atoms with Gasteiger partial charge in [0.15, 0.2) is 0 Å². The van der Waals surface area contributed by atoms with E-state index in [-0.39, 0.29) is 41.9 Å². The van der Waals surface area contributed by atoms with E-state index in [9.17, 15) is 9.59 Å². The first-order valence-electron chi connectivity index (χ1n) is 8.76. The van der Waals surface area contributed by atoms with Crippen LogP contribution in [0.25, 0.3) is 0 Å². The first-order chi connectivity index (χ1) is 12.8. The fourth-order valence-electron chi connectivity index (χ4n) is 3.20. The lowest BCUT2D eigenvalue weighted by Gasteiger charge is -2.38. The second-order valence-corrected chi connectivity index (χ2v) is 6.92. The fourth-order valence-corrected chi connectivity index (χ4v) is 3.37. The molecule has 1 aliphatic rings. The molecule has 10 heteroatoms. The van der Waals surface area contributed by atoms with Crippen molar-refractivity contribution >= 4 is 41.6 Å². The van der Waals surface area contributed by atoms with Gasteiger partial charge in [0.2, 0.25) is 0 Å². The zero-order chi connectivity index (χ0) is 20.0. The third-order valence-corrected chi connectivity index (χ3v) is 5.02. The van der Waals surface area contributed by atoms with Crippen LogP contribution in [0.5, 0.6) is 5.75 Å². The van der Waals surface area contributed by atoms with Crippen molar-refractivity contribution in [1.29, 1.82) is 0 Å². The minimum Gasteiger partial charge on any atom is -0.496 e. The lowest BCUT2D eigenvalue weighted by Crippen LogP contribution is -2.54. The van der Waals surface area contributed by atoms with Gasteiger partial charge in [-0.3, -0.25) is 9.59 Å². The summed E-state index contributed by atoms with van der Waals surface area (Å²) in [6.45, 7) is 2.07. The zero-order valence-corrected chi connectivity index (χ0v) is 17.5. The predicted octanol–water partition coefficient (Wildman–Crippen LogP) is 2.04. The van der Waals surface area contributed by atoms with Gasteiger partial charge in [0, 0.05) is 32.7 Å². The first-order valence-corrected chi connectivity index (χ1v) is 9.14. The van der Waals surface area contributed by atoms with E-state index in [1.807, 2.05) is 0 Å². The Morgan fingerprint density at radius 1 is 1.39 bits per heavy atom. The maximum absolute atomic E-state index is 12.7. The Bertz CT molecular complexity index is 689. The van der Waals surface area contributed by atoms with Gasteiger partial charge in [0.1, 0.15) is 5.75 Å². The second kappa shape index (κ2) is 11.3. The molecule has 1 aromatic carbocycles. The number of carbonyl (C=O) groups is 2. The number of hydrogen-bond acceptors (Lipinski definition) is 6. The monoisotopic (exact) mass is 435 g/mol. The van der Waals surface area contributed by atoms with Gasteiger partial charge in [-0.2, -0.15) is 0 Å². The summed E-state index contributed by atoms with van der Waals surface area (Å²) in [5.41, 5.74) is 6.42. The Morgan fingerprint density at radius 3 is 2.71 bits per heavy atom. The number of piperidine rings is 1. The smallest absolute Gasteiger partial charge is 0.303 e. The molecule has 0 bridgehead atoms. The fraction of sp³-hybridized carbons (Fsp3) is 0.556. The van der Waals surface area contributed by atoms with E-state index < -0.39 is 5.97 Å². The molecule has 2 rings (SSSR count). The molecule has 1 amide bonds. The molecule has 1 saturated heterocycles. The average Bonchev–Trinajstić information content (AvgIpc) is 2.64. The third kappa shape index (κ3) is 6.41. The van der Waals surface area contributed by atoms with E-state index in [0.29, 0.717) is 42.9 Å². The lowest BCUT2D eigenvalue weighted by molar-refractivity contribution is -0.137. The number of anilines is 1. The van der Waals surface area contributed by atoms with E-state index in [1.54, 1.807) is 7.11 Å². The molecule has 0 spiro atoms. The predicted molar refractivity (Wildman–Crippen MR) is 110 cm³/mol. The van der Waals surface area contributed by atoms with Crippen molar-refractivity contribution in [3.63, 3.8) is 0 Å². The van der Waals surface area contributed by atoms with Crippen LogP contribution in [0.3, 0.4) is 0 Å². The van der Waals surface area contributed by atoms with Crippen molar-refractivity contribution in [2.45, 2.75) is 31.4 Å². The largest absolute Gasteiger partial charge is 0.496 e. The lowest BCUT2D eigenvalue weighted by atomic mass is 10.0. The molecule has 2 unspecified atom stereocenters. The molecule has 1 heterocycles. The Labute approximate surface area is 175 Å². The molecule has 1 aliphatic heterocycles. The Morgan fingerprint density at radius 2 is 2.11 bits per heavy atom. The molecule has 0 radical (unpaired) electrons. The highest BCUT2D eigenvalue weighted by atomic mass is 35.5. The number of nitrogens with two attached hydrogens (primary N) is 1. The van der Waals surface area contributed by atoms with Gasteiger partial charge in [-0.1, -0.05) is 11.6 Å². The summed E-state index contributed by atoms with van der Waals surface area (Å²) in [5, 5.41) is 12.0. The molecule has 1 aromatic rings. The van der Waals surface area contributed by atoms with Gasteiger partial charge < -0.3 is 30.5 Å². The molecule has 8 nitrogen and oxygen atoms in total. The molecule has 158 valence electrons. The van der Waals surface area contributed by atoms with Crippen LogP contribution >= 0.6 is 24.0 Å². The van der Waals surface area contributed by atoms with E-state index >= 15 is 0 Å². The summed E-state index contributed by atoms with van der Waals surface area (Å²) in [6, 6.07) is 2.85. The number of nitrogens with zero attached hydrogens (tertiary/aromatic N) is 1. The van der Waals surface area contributed by atoms with E-state index in [0.717, 1.165) is 6.54 Å². The molecule has 0 aliphatic carbocycles. The average molecular weight is 436 g/mol. The van der Waals surface area contributed by atoms with Crippen LogP contribution in [0.4, 0.5) is 5.69 Å². The topological polar surface area (TPSA) is 114 Å². The van der Waals surface area contributed by atoms with Gasteiger partial charge in [0.05, 0.1) is 35.5 Å². The standard InChI is InChI=1S/C18H26ClN3O5.ClH/c1-26-15-9-13(20)12(19)8-11(15)18(25)21-14-5-7-22(10-16(14)27-2)6-3-4-17(23)24;/h8-9,14,16H,3-7,10,20H2,1-2H3,(H,21,25)(H,23,24);1H. The number of carboxylic acids is 1. The van der Waals surface area contributed by atoms with Gasteiger partial charge >= 0.3 is 5.97 Å². The Balaban J connectivity index is 0.00000392. The van der Waals surface area contributed by atoms with Crippen LogP contribution < -0.4 is 15.8 Å². The number of halogens is 2. The molecule has 2 atom stereocenters. The van der Waals surface area contributed by atoms with Gasteiger partial charge in [0.25, 0.3) is 5.91 Å². The Hall–Kier alpha value is -1.74. The van der Waals surface area contributed by atoms with Crippen molar-refractivity contribution < 1.29 is 24.2 Å². The molecule has 0 aromatic heterocycles. The summed E-state index contributed by atoms with van der Waals surface area (Å²) >= 11 is 6.04. The third-order valence-electron chi connectivity index (χ3n) is 4.69. The van der Waals surface area contributed by atoms with Gasteiger partial charge in [-0.05, 0) is 25.5 Å². The molecule has 1 fully saturated rings. The number of aliphatic carboxylic acids is 1. The van der Waals surface area contributed by atoms with Crippen LogP contribution in [0.2, 0.25) is 5.02 Å². The molecule has 0 saturated carbocycles. The number of rotatable bonds is 8. The van der Waals surface area contributed by atoms with Crippen molar-refractivity contribution in [3.8, 4) is 5.75 Å². The van der Waals surface area contributed by atoms with Crippen molar-refractivity contribution in [2.75, 3.05) is 39.6 Å². The highest BCUT2D eigenvalue weighted by Crippen LogP contribution is 2.29. The summed E-state index contributed by atoms with van der Waals surface area (Å²) in [7, 11) is 3.07. The maximum atomic E-state index is 12.7. The summed E-state index contributed by atoms with van der Waals surface area (Å²) in [6.07, 6.45) is 1.24. The zero-order valence-electron chi connectivity index (χ0n) is 15.9. The number of methoxy groups -OCH3 is 2. The number of likely N-dealkylation sites (tertiary alicyclic amines) is 1. The van der Waals surface area contributed by atoms with Crippen molar-refractivity contribution in [1.82, 2.24) is 10.2 Å². The minimum absolute atomic E-state index is 0. The van der Waals surface area contributed by atoms with E-state index in [4.69, 9.17) is 31.9 Å². The van der Waals surface area contributed by atoms with Crippen LogP contribution in [0.15, 0.2) is 12.1 Å². The van der Waals surface area contributed by atoms with Crippen molar-refractivity contribution in [2.24, 2.45) is 0 Å². The molecule has 28 heavy (non-hydrogen) atoms. The summed E-state index contributed by atoms with van der Waals surface area (Å²) in [4.78, 5) is 25.5. The Kier molecular flexibility index (Phi) is 9.81. The summed E-state index contributed by atoms with van der Waals surface area (Å²) < 4.78 is 10.8. The van der Waals surface area contributed by atoms with Crippen LogP contribution in [0.1, 0.15) is 29.6 Å². The number of carbonyl (C=O) groups excluding carboxylic acids is 1. The van der Waals surface area contributed by atoms with Crippen LogP contribution in [0, 0.1) is 0 Å². The highest BCUT2D eigenvalue weighted by Gasteiger charge is 2.31. The number of amides is 1. The quantitative estimate of drug-likeness (QED) is 0.535. The molecular formula is C18H27Cl2N3O5. The second-order valence-electron chi connectivity index (χ2n) is 6.51. The number of ether oxygens (including phenoxy) is 2. The first kappa shape index (κ1) is 24.3. The SMILES string of the molecule is COc1cc(N)c(Cl)cc1C(=O)NC1CCN(CCCC(=O)O)CC1OC.Cl. The number of benzene rings is 1. The number of hydrogen-bond donors (Lipinski definition) is 3. The van der Waals surface area contributed by atoms with Gasteiger partial charge in [-0.25, -0.2) is 0 Å². The maximum Gasteiger partial charge on any atom is 0.303 e.